The number of hydrogen-bond acceptors (Lipinski definition) is 6. The van der Waals surface area contributed by atoms with E-state index in [4.69, 9.17) is 0 Å². The number of thiophene rings is 1. The van der Waals surface area contributed by atoms with Gasteiger partial charge in [-0.05, 0) is 38.2 Å². The molecule has 0 bridgehead atoms. The van der Waals surface area contributed by atoms with E-state index in [1.165, 1.54) is 28.6 Å². The lowest BCUT2D eigenvalue weighted by Crippen LogP contribution is -2.52. The predicted molar refractivity (Wildman–Crippen MR) is 114 cm³/mol. The van der Waals surface area contributed by atoms with Crippen molar-refractivity contribution in [3.8, 4) is 0 Å². The van der Waals surface area contributed by atoms with Crippen LogP contribution in [-0.4, -0.2) is 52.2 Å². The highest BCUT2D eigenvalue weighted by molar-refractivity contribution is 7.99. The highest BCUT2D eigenvalue weighted by atomic mass is 35.5. The van der Waals surface area contributed by atoms with Crippen molar-refractivity contribution in [2.45, 2.75) is 44.4 Å². The Morgan fingerprint density at radius 2 is 2.19 bits per heavy atom. The molecule has 0 unspecified atom stereocenters. The third kappa shape index (κ3) is 4.34. The second-order valence-corrected chi connectivity index (χ2v) is 9.11. The molecule has 0 saturated carbocycles. The maximum absolute atomic E-state index is 12.5. The molecular formula is C18H25ClN4O2S2. The molecule has 1 aliphatic carbocycles. The summed E-state index contributed by atoms with van der Waals surface area (Å²) in [6.45, 7) is 4.54. The average Bonchev–Trinajstić information content (AvgIpc) is 3.00. The zero-order valence-corrected chi connectivity index (χ0v) is 17.8. The Labute approximate surface area is 172 Å². The van der Waals surface area contributed by atoms with Crippen molar-refractivity contribution in [3.05, 3.63) is 26.6 Å². The van der Waals surface area contributed by atoms with Crippen LogP contribution in [0.3, 0.4) is 0 Å². The summed E-state index contributed by atoms with van der Waals surface area (Å²) < 4.78 is 0. The van der Waals surface area contributed by atoms with Gasteiger partial charge in [0.05, 0.1) is 16.9 Å². The van der Waals surface area contributed by atoms with Crippen LogP contribution >= 0.6 is 35.5 Å². The lowest BCUT2D eigenvalue weighted by molar-refractivity contribution is -0.131. The molecule has 0 aromatic carbocycles. The molecule has 1 amide bonds. The van der Waals surface area contributed by atoms with Crippen LogP contribution in [-0.2, 0) is 23.4 Å². The molecule has 148 valence electrons. The van der Waals surface area contributed by atoms with E-state index in [0.29, 0.717) is 17.3 Å². The number of hydrogen-bond donors (Lipinski definition) is 2. The van der Waals surface area contributed by atoms with Gasteiger partial charge >= 0.3 is 0 Å². The van der Waals surface area contributed by atoms with Gasteiger partial charge in [-0.1, -0.05) is 0 Å². The molecule has 1 atom stereocenters. The van der Waals surface area contributed by atoms with Gasteiger partial charge in [0.2, 0.25) is 5.91 Å². The second-order valence-electron chi connectivity index (χ2n) is 7.04. The lowest BCUT2D eigenvalue weighted by Gasteiger charge is -2.33. The van der Waals surface area contributed by atoms with Crippen molar-refractivity contribution in [2.24, 2.45) is 0 Å². The van der Waals surface area contributed by atoms with E-state index < -0.39 is 0 Å². The summed E-state index contributed by atoms with van der Waals surface area (Å²) in [6.07, 6.45) is 4.41. The van der Waals surface area contributed by atoms with Gasteiger partial charge < -0.3 is 15.2 Å². The molecule has 2 N–H and O–H groups in total. The lowest BCUT2D eigenvalue weighted by atomic mass is 9.97. The number of H-pyrrole nitrogens is 1. The van der Waals surface area contributed by atoms with E-state index in [0.717, 1.165) is 49.1 Å². The highest BCUT2D eigenvalue weighted by Crippen LogP contribution is 2.33. The number of halogens is 1. The number of aromatic amines is 1. The maximum atomic E-state index is 12.5. The maximum Gasteiger partial charge on any atom is 0.259 e. The number of thioether (sulfide) groups is 1. The van der Waals surface area contributed by atoms with E-state index >= 15 is 0 Å². The zero-order chi connectivity index (χ0) is 18.1. The molecule has 0 radical (unpaired) electrons. The summed E-state index contributed by atoms with van der Waals surface area (Å²) >= 11 is 3.19. The normalized spacial score (nSPS) is 19.6. The number of nitrogens with zero attached hydrogens (tertiary/aromatic N) is 2. The fraction of sp³-hybridized carbons (Fsp3) is 0.611. The fourth-order valence-corrected chi connectivity index (χ4v) is 5.86. The topological polar surface area (TPSA) is 78.1 Å². The number of rotatable bonds is 4. The Morgan fingerprint density at radius 1 is 1.37 bits per heavy atom. The first-order valence-electron chi connectivity index (χ1n) is 9.25. The van der Waals surface area contributed by atoms with Gasteiger partial charge in [-0.2, -0.15) is 0 Å². The third-order valence-corrected chi connectivity index (χ3v) is 7.27. The standard InChI is InChI=1S/C18H24N4O2S2.ClH/c1-11-8-19-6-7-22(11)15(23)10-25-9-14-20-17(24)16-12-4-2-3-5-13(12)26-18(16)21-14;/h11,19H,2-10H2,1H3,(H,20,21,24);1H/t11-;/m1./s1. The summed E-state index contributed by atoms with van der Waals surface area (Å²) in [6, 6.07) is 0.239. The molecule has 2 aromatic heterocycles. The largest absolute Gasteiger partial charge is 0.337 e. The van der Waals surface area contributed by atoms with Crippen LogP contribution in [0.4, 0.5) is 0 Å². The fourth-order valence-electron chi connectivity index (χ4n) is 3.81. The Balaban J connectivity index is 0.00000210. The number of amides is 1. The van der Waals surface area contributed by atoms with Crippen LogP contribution in [0.1, 0.15) is 36.0 Å². The van der Waals surface area contributed by atoms with Crippen LogP contribution in [0.5, 0.6) is 0 Å². The minimum atomic E-state index is -0.0212. The Hall–Kier alpha value is -1.09. The molecular weight excluding hydrogens is 404 g/mol. The smallest absolute Gasteiger partial charge is 0.259 e. The van der Waals surface area contributed by atoms with Crippen molar-refractivity contribution in [3.63, 3.8) is 0 Å². The molecule has 2 aliphatic rings. The summed E-state index contributed by atoms with van der Waals surface area (Å²) in [5.41, 5.74) is 1.19. The summed E-state index contributed by atoms with van der Waals surface area (Å²) in [5.74, 6) is 1.82. The number of nitrogens with one attached hydrogen (secondary N) is 2. The third-order valence-electron chi connectivity index (χ3n) is 5.16. The SMILES string of the molecule is C[C@@H]1CNCCN1C(=O)CSCc1nc2sc3c(c2c(=O)[nH]1)CCCC3.Cl. The minimum Gasteiger partial charge on any atom is -0.337 e. The molecule has 0 spiro atoms. The van der Waals surface area contributed by atoms with Gasteiger partial charge in [0, 0.05) is 30.6 Å². The zero-order valence-electron chi connectivity index (χ0n) is 15.4. The highest BCUT2D eigenvalue weighted by Gasteiger charge is 2.23. The first kappa shape index (κ1) is 20.6. The first-order chi connectivity index (χ1) is 12.6. The number of aromatic nitrogens is 2. The van der Waals surface area contributed by atoms with Gasteiger partial charge in [-0.15, -0.1) is 35.5 Å². The molecule has 3 heterocycles. The molecule has 27 heavy (non-hydrogen) atoms. The van der Waals surface area contributed by atoms with E-state index in [-0.39, 0.29) is 29.9 Å². The van der Waals surface area contributed by atoms with E-state index in [1.807, 2.05) is 4.90 Å². The summed E-state index contributed by atoms with van der Waals surface area (Å²) in [4.78, 5) is 36.7. The molecule has 6 nitrogen and oxygen atoms in total. The summed E-state index contributed by atoms with van der Waals surface area (Å²) in [5, 5.41) is 4.09. The second kappa shape index (κ2) is 8.94. The van der Waals surface area contributed by atoms with Crippen molar-refractivity contribution < 1.29 is 4.79 Å². The quantitative estimate of drug-likeness (QED) is 0.781. The van der Waals surface area contributed by atoms with Crippen LogP contribution in [0, 0.1) is 0 Å². The van der Waals surface area contributed by atoms with Crippen molar-refractivity contribution in [1.82, 2.24) is 20.2 Å². The van der Waals surface area contributed by atoms with Crippen LogP contribution in [0.25, 0.3) is 10.2 Å². The minimum absolute atomic E-state index is 0. The van der Waals surface area contributed by atoms with Gasteiger partial charge in [-0.3, -0.25) is 9.59 Å². The number of carbonyl (C=O) groups is 1. The van der Waals surface area contributed by atoms with Gasteiger partial charge in [-0.25, -0.2) is 4.98 Å². The first-order valence-corrected chi connectivity index (χ1v) is 11.2. The molecule has 9 heteroatoms. The van der Waals surface area contributed by atoms with E-state index in [9.17, 15) is 9.59 Å². The Bertz CT molecular complexity index is 882. The molecule has 1 saturated heterocycles. The van der Waals surface area contributed by atoms with Gasteiger partial charge in [0.25, 0.3) is 5.56 Å². The molecule has 4 rings (SSSR count). The van der Waals surface area contributed by atoms with Crippen molar-refractivity contribution in [1.29, 1.82) is 0 Å². The number of aryl methyl sites for hydroxylation is 2. The monoisotopic (exact) mass is 428 g/mol. The number of fused-ring (bicyclic) bond motifs is 3. The molecule has 1 aliphatic heterocycles. The molecule has 1 fully saturated rings. The predicted octanol–water partition coefficient (Wildman–Crippen LogP) is 2.34. The Morgan fingerprint density at radius 3 is 3.00 bits per heavy atom. The average molecular weight is 429 g/mol. The van der Waals surface area contributed by atoms with Gasteiger partial charge in [0.1, 0.15) is 10.7 Å². The van der Waals surface area contributed by atoms with Crippen LogP contribution in [0.15, 0.2) is 4.79 Å². The molecule has 2 aromatic rings. The summed E-state index contributed by atoms with van der Waals surface area (Å²) in [7, 11) is 0. The van der Waals surface area contributed by atoms with Crippen molar-refractivity contribution >= 4 is 51.6 Å². The van der Waals surface area contributed by atoms with E-state index in [1.54, 1.807) is 11.3 Å². The van der Waals surface area contributed by atoms with Crippen LogP contribution < -0.4 is 10.9 Å². The number of carbonyl (C=O) groups excluding carboxylic acids is 1. The van der Waals surface area contributed by atoms with Crippen LogP contribution in [0.2, 0.25) is 0 Å². The van der Waals surface area contributed by atoms with E-state index in [2.05, 4.69) is 22.2 Å². The van der Waals surface area contributed by atoms with Crippen molar-refractivity contribution in [2.75, 3.05) is 25.4 Å². The van der Waals surface area contributed by atoms with Gasteiger partial charge in [0.15, 0.2) is 0 Å². The number of piperazine rings is 1. The Kier molecular flexibility index (Phi) is 6.83.